The van der Waals surface area contributed by atoms with Gasteiger partial charge in [-0.05, 0) is 35.4 Å². The summed E-state index contributed by atoms with van der Waals surface area (Å²) < 4.78 is 5.10. The highest BCUT2D eigenvalue weighted by molar-refractivity contribution is 6.17. The van der Waals surface area contributed by atoms with E-state index >= 15 is 0 Å². The van der Waals surface area contributed by atoms with Crippen molar-refractivity contribution in [3.05, 3.63) is 42.0 Å². The Hall–Kier alpha value is -1.48. The van der Waals surface area contributed by atoms with Crippen LogP contribution in [0.2, 0.25) is 0 Å². The van der Waals surface area contributed by atoms with Gasteiger partial charge >= 0.3 is 7.69 Å². The molecule has 0 amide bonds. The summed E-state index contributed by atoms with van der Waals surface area (Å²) in [5, 5.41) is 11.0. The summed E-state index contributed by atoms with van der Waals surface area (Å²) in [5.74, 6) is 0.742. The van der Waals surface area contributed by atoms with Crippen LogP contribution in [-0.4, -0.2) is 12.7 Å². The Morgan fingerprint density at radius 2 is 1.79 bits per heavy atom. The van der Waals surface area contributed by atoms with E-state index in [0.29, 0.717) is 0 Å². The molecule has 0 fully saturated rings. The Morgan fingerprint density at radius 1 is 1.14 bits per heavy atom. The first-order chi connectivity index (χ1) is 6.81. The smallest absolute Gasteiger partial charge is 0.504 e. The molecule has 0 spiro atoms. The summed E-state index contributed by atoms with van der Waals surface area (Å²) in [4.78, 5) is 0. The molecule has 0 aliphatic carbocycles. The second-order valence-corrected chi connectivity index (χ2v) is 3.24. The fourth-order valence-corrected chi connectivity index (χ4v) is 1.56. The zero-order valence-corrected chi connectivity index (χ0v) is 8.03. The average molecular weight is 186 g/mol. The number of fused-ring (bicyclic) bond motifs is 1. The second-order valence-electron chi connectivity index (χ2n) is 3.24. The van der Waals surface area contributed by atoms with Gasteiger partial charge < -0.3 is 9.68 Å². The molecule has 1 N–H and O–H groups in total. The second kappa shape index (κ2) is 3.72. The molecule has 0 bridgehead atoms. The highest BCUT2D eigenvalue weighted by Crippen LogP contribution is 2.24. The third-order valence-corrected chi connectivity index (χ3v) is 2.26. The predicted octanol–water partition coefficient (Wildman–Crippen LogP) is 1.79. The van der Waals surface area contributed by atoms with E-state index < -0.39 is 0 Å². The summed E-state index contributed by atoms with van der Waals surface area (Å²) in [7, 11) is -0.279. The van der Waals surface area contributed by atoms with Gasteiger partial charge in [-0.15, -0.1) is 0 Å². The third-order valence-electron chi connectivity index (χ3n) is 2.26. The van der Waals surface area contributed by atoms with E-state index in [-0.39, 0.29) is 7.69 Å². The van der Waals surface area contributed by atoms with Crippen LogP contribution in [-0.2, 0) is 0 Å². The fraction of sp³-hybridized carbons (Fsp3) is 0.0909. The van der Waals surface area contributed by atoms with Crippen molar-refractivity contribution in [3.63, 3.8) is 0 Å². The molecule has 2 aromatic carbocycles. The molecule has 0 unspecified atom stereocenters. The molecule has 0 saturated carbocycles. The number of benzene rings is 2. The third kappa shape index (κ3) is 1.59. The SMILES string of the molecule is Cc1cc2ccccc2cc1OBO. The molecule has 70 valence electrons. The Balaban J connectivity index is 2.59. The Labute approximate surface area is 83.4 Å². The van der Waals surface area contributed by atoms with Crippen LogP contribution in [0.15, 0.2) is 36.4 Å². The van der Waals surface area contributed by atoms with Gasteiger partial charge in [0.1, 0.15) is 5.75 Å². The van der Waals surface area contributed by atoms with E-state index in [2.05, 4.69) is 12.1 Å². The molecular formula is C11H11BO2. The lowest BCUT2D eigenvalue weighted by molar-refractivity contribution is 0.452. The van der Waals surface area contributed by atoms with Gasteiger partial charge in [0.15, 0.2) is 0 Å². The van der Waals surface area contributed by atoms with Crippen LogP contribution < -0.4 is 4.65 Å². The Bertz CT molecular complexity index is 454. The van der Waals surface area contributed by atoms with E-state index in [0.717, 1.165) is 16.7 Å². The molecule has 2 nitrogen and oxygen atoms in total. The molecule has 0 atom stereocenters. The molecule has 2 aromatic rings. The van der Waals surface area contributed by atoms with Crippen LogP contribution in [0.5, 0.6) is 5.75 Å². The largest absolute Gasteiger partial charge is 0.539 e. The maximum absolute atomic E-state index is 8.69. The van der Waals surface area contributed by atoms with Crippen LogP contribution in [0.3, 0.4) is 0 Å². The van der Waals surface area contributed by atoms with Crippen molar-refractivity contribution in [2.75, 3.05) is 0 Å². The van der Waals surface area contributed by atoms with Crippen LogP contribution in [0.25, 0.3) is 10.8 Å². The van der Waals surface area contributed by atoms with Gasteiger partial charge in [-0.3, -0.25) is 0 Å². The van der Waals surface area contributed by atoms with E-state index in [4.69, 9.17) is 9.68 Å². The molecule has 0 aliphatic heterocycles. The number of aryl methyl sites for hydroxylation is 1. The first-order valence-electron chi connectivity index (χ1n) is 4.54. The van der Waals surface area contributed by atoms with Crippen molar-refractivity contribution in [3.8, 4) is 5.75 Å². The van der Waals surface area contributed by atoms with Crippen LogP contribution >= 0.6 is 0 Å². The van der Waals surface area contributed by atoms with Crippen molar-refractivity contribution in [1.29, 1.82) is 0 Å². The summed E-state index contributed by atoms with van der Waals surface area (Å²) in [5.41, 5.74) is 1.04. The topological polar surface area (TPSA) is 29.5 Å². The Morgan fingerprint density at radius 3 is 2.43 bits per heavy atom. The molecule has 14 heavy (non-hydrogen) atoms. The van der Waals surface area contributed by atoms with Gasteiger partial charge in [-0.25, -0.2) is 0 Å². The molecule has 0 heterocycles. The lowest BCUT2D eigenvalue weighted by Gasteiger charge is -2.07. The van der Waals surface area contributed by atoms with Crippen molar-refractivity contribution in [1.82, 2.24) is 0 Å². The first kappa shape index (κ1) is 9.09. The molecule has 0 radical (unpaired) electrons. The molecular weight excluding hydrogens is 175 g/mol. The minimum atomic E-state index is -0.279. The minimum Gasteiger partial charge on any atom is -0.539 e. The first-order valence-corrected chi connectivity index (χ1v) is 4.54. The number of rotatable bonds is 2. The molecule has 0 saturated heterocycles. The maximum atomic E-state index is 8.69. The van der Waals surface area contributed by atoms with E-state index in [1.54, 1.807) is 0 Å². The highest BCUT2D eigenvalue weighted by atomic mass is 16.5. The lowest BCUT2D eigenvalue weighted by atomic mass is 10.1. The maximum Gasteiger partial charge on any atom is 0.504 e. The van der Waals surface area contributed by atoms with Gasteiger partial charge in [0, 0.05) is 0 Å². The van der Waals surface area contributed by atoms with E-state index in [1.165, 1.54) is 5.39 Å². The lowest BCUT2D eigenvalue weighted by Crippen LogP contribution is -2.01. The fourth-order valence-electron chi connectivity index (χ4n) is 1.56. The standard InChI is InChI=1S/C11H11BO2/c1-8-6-9-4-2-3-5-10(9)7-11(8)14-12-13/h2-7,12-13H,1H3. The van der Waals surface area contributed by atoms with Gasteiger partial charge in [-0.1, -0.05) is 24.3 Å². The zero-order chi connectivity index (χ0) is 9.97. The van der Waals surface area contributed by atoms with Crippen molar-refractivity contribution >= 4 is 18.5 Å². The summed E-state index contributed by atoms with van der Waals surface area (Å²) >= 11 is 0. The van der Waals surface area contributed by atoms with Gasteiger partial charge in [0.25, 0.3) is 0 Å². The van der Waals surface area contributed by atoms with Crippen LogP contribution in [0.1, 0.15) is 5.56 Å². The molecule has 3 heteroatoms. The van der Waals surface area contributed by atoms with E-state index in [1.807, 2.05) is 31.2 Å². The number of hydrogen-bond acceptors (Lipinski definition) is 2. The van der Waals surface area contributed by atoms with Gasteiger partial charge in [0.2, 0.25) is 0 Å². The van der Waals surface area contributed by atoms with Crippen LogP contribution in [0.4, 0.5) is 0 Å². The number of hydrogen-bond donors (Lipinski definition) is 1. The average Bonchev–Trinajstić information content (AvgIpc) is 2.19. The Kier molecular flexibility index (Phi) is 2.42. The summed E-state index contributed by atoms with van der Waals surface area (Å²) in [6.45, 7) is 1.97. The van der Waals surface area contributed by atoms with Crippen LogP contribution in [0, 0.1) is 6.92 Å². The summed E-state index contributed by atoms with van der Waals surface area (Å²) in [6, 6.07) is 12.1. The quantitative estimate of drug-likeness (QED) is 0.724. The van der Waals surface area contributed by atoms with E-state index in [9.17, 15) is 0 Å². The predicted molar refractivity (Wildman–Crippen MR) is 58.7 cm³/mol. The molecule has 0 aromatic heterocycles. The highest BCUT2D eigenvalue weighted by Gasteiger charge is 2.01. The van der Waals surface area contributed by atoms with Crippen molar-refractivity contribution < 1.29 is 9.68 Å². The van der Waals surface area contributed by atoms with Gasteiger partial charge in [0.05, 0.1) is 0 Å². The van der Waals surface area contributed by atoms with Gasteiger partial charge in [-0.2, -0.15) is 0 Å². The summed E-state index contributed by atoms with van der Waals surface area (Å²) in [6.07, 6.45) is 0. The molecule has 0 aliphatic rings. The normalized spacial score (nSPS) is 10.1. The van der Waals surface area contributed by atoms with Crippen molar-refractivity contribution in [2.45, 2.75) is 6.92 Å². The monoisotopic (exact) mass is 186 g/mol. The zero-order valence-electron chi connectivity index (χ0n) is 8.03. The minimum absolute atomic E-state index is 0.279. The van der Waals surface area contributed by atoms with Crippen molar-refractivity contribution in [2.24, 2.45) is 0 Å². The molecule has 2 rings (SSSR count).